The van der Waals surface area contributed by atoms with Crippen LogP contribution in [0.15, 0.2) is 0 Å². The number of fused-ring (bicyclic) bond motifs is 3. The zero-order chi connectivity index (χ0) is 16.5. The number of hydrogen-bond acceptors (Lipinski definition) is 3. The van der Waals surface area contributed by atoms with Gasteiger partial charge in [0, 0.05) is 12.1 Å². The molecule has 4 aliphatic rings. The Balaban J connectivity index is 1.64. The van der Waals surface area contributed by atoms with Crippen LogP contribution in [0.2, 0.25) is 0 Å². The number of ether oxygens (including phenoxy) is 1. The maximum atomic E-state index is 12.9. The third kappa shape index (κ3) is 2.91. The number of rotatable bonds is 3. The van der Waals surface area contributed by atoms with Gasteiger partial charge in [-0.15, -0.1) is 0 Å². The van der Waals surface area contributed by atoms with Crippen LogP contribution in [0.25, 0.3) is 0 Å². The lowest BCUT2D eigenvalue weighted by Gasteiger charge is -2.43. The van der Waals surface area contributed by atoms with Gasteiger partial charge in [0.15, 0.2) is 0 Å². The molecule has 3 aliphatic carbocycles. The molecule has 5 atom stereocenters. The third-order valence-electron chi connectivity index (χ3n) is 7.74. The highest BCUT2D eigenvalue weighted by Crippen LogP contribution is 2.51. The summed E-state index contributed by atoms with van der Waals surface area (Å²) in [6.07, 6.45) is 17.4. The van der Waals surface area contributed by atoms with Crippen molar-refractivity contribution in [3.05, 3.63) is 0 Å². The highest BCUT2D eigenvalue weighted by molar-refractivity contribution is 5.76. The zero-order valence-electron chi connectivity index (χ0n) is 15.4. The Bertz CT molecular complexity index is 423. The van der Waals surface area contributed by atoms with Gasteiger partial charge in [-0.2, -0.15) is 0 Å². The summed E-state index contributed by atoms with van der Waals surface area (Å²) in [5.74, 6) is 2.33. The van der Waals surface area contributed by atoms with Gasteiger partial charge in [0.2, 0.25) is 0 Å². The monoisotopic (exact) mass is 333 g/mol. The van der Waals surface area contributed by atoms with Crippen molar-refractivity contribution < 1.29 is 9.53 Å². The Labute approximate surface area is 147 Å². The van der Waals surface area contributed by atoms with E-state index in [1.54, 1.807) is 7.11 Å². The molecular weight excluding hydrogens is 298 g/mol. The van der Waals surface area contributed by atoms with Crippen LogP contribution < -0.4 is 0 Å². The first-order valence-electron chi connectivity index (χ1n) is 10.7. The fourth-order valence-electron chi connectivity index (χ4n) is 6.81. The minimum atomic E-state index is 0.0500. The predicted octanol–water partition coefficient (Wildman–Crippen LogP) is 4.54. The fraction of sp³-hybridized carbons (Fsp3) is 0.952. The van der Waals surface area contributed by atoms with E-state index in [1.165, 1.54) is 83.5 Å². The lowest BCUT2D eigenvalue weighted by Crippen LogP contribution is -2.54. The number of nitrogens with zero attached hydrogens (tertiary/aromatic N) is 1. The van der Waals surface area contributed by atoms with Crippen molar-refractivity contribution in [3.8, 4) is 0 Å². The molecule has 3 heteroatoms. The molecule has 0 N–H and O–H groups in total. The topological polar surface area (TPSA) is 29.5 Å². The van der Waals surface area contributed by atoms with E-state index in [0.29, 0.717) is 18.0 Å². The molecule has 0 aromatic rings. The number of likely N-dealkylation sites (tertiary alicyclic amines) is 1. The van der Waals surface area contributed by atoms with Crippen LogP contribution in [0.3, 0.4) is 0 Å². The first kappa shape index (κ1) is 16.9. The number of methoxy groups -OCH3 is 1. The molecule has 0 aromatic carbocycles. The Kier molecular flexibility index (Phi) is 5.17. The normalized spacial score (nSPS) is 39.0. The molecule has 0 aromatic heterocycles. The van der Waals surface area contributed by atoms with Crippen LogP contribution in [0.4, 0.5) is 0 Å². The summed E-state index contributed by atoms with van der Waals surface area (Å²) in [6, 6.07) is 1.38. The van der Waals surface area contributed by atoms with E-state index in [0.717, 1.165) is 11.8 Å². The molecule has 1 aliphatic heterocycles. The highest BCUT2D eigenvalue weighted by Gasteiger charge is 2.54. The second-order valence-corrected chi connectivity index (χ2v) is 8.84. The van der Waals surface area contributed by atoms with Crippen molar-refractivity contribution in [2.24, 2.45) is 17.8 Å². The Morgan fingerprint density at radius 2 is 1.29 bits per heavy atom. The van der Waals surface area contributed by atoms with Gasteiger partial charge in [-0.3, -0.25) is 9.69 Å². The minimum Gasteiger partial charge on any atom is -0.468 e. The maximum Gasteiger partial charge on any atom is 0.323 e. The minimum absolute atomic E-state index is 0.0500. The van der Waals surface area contributed by atoms with Crippen molar-refractivity contribution >= 4 is 5.97 Å². The second-order valence-electron chi connectivity index (χ2n) is 8.84. The lowest BCUT2D eigenvalue weighted by atomic mass is 9.73. The third-order valence-corrected chi connectivity index (χ3v) is 7.74. The molecule has 0 amide bonds. The first-order chi connectivity index (χ1) is 11.8. The molecular formula is C21H35NO2. The van der Waals surface area contributed by atoms with Crippen molar-refractivity contribution in [1.29, 1.82) is 0 Å². The van der Waals surface area contributed by atoms with E-state index >= 15 is 0 Å². The van der Waals surface area contributed by atoms with Gasteiger partial charge in [-0.1, -0.05) is 44.9 Å². The van der Waals surface area contributed by atoms with Gasteiger partial charge in [0.05, 0.1) is 7.11 Å². The Hall–Kier alpha value is -0.570. The molecule has 3 nitrogen and oxygen atoms in total. The molecule has 1 heterocycles. The van der Waals surface area contributed by atoms with E-state index in [-0.39, 0.29) is 12.0 Å². The standard InChI is InChI=1S/C21H35NO2/c1-24-21(23)20(15-9-3-2-4-10-15)22-18-13-7-5-11-16(18)17-12-6-8-14-19(17)22/h15-20H,2-14H2,1H3. The van der Waals surface area contributed by atoms with E-state index in [2.05, 4.69) is 4.90 Å². The van der Waals surface area contributed by atoms with Crippen LogP contribution >= 0.6 is 0 Å². The van der Waals surface area contributed by atoms with Gasteiger partial charge in [-0.05, 0) is 56.3 Å². The summed E-state index contributed by atoms with van der Waals surface area (Å²) in [5, 5.41) is 0. The number of carbonyl (C=O) groups is 1. The lowest BCUT2D eigenvalue weighted by molar-refractivity contribution is -0.152. The largest absolute Gasteiger partial charge is 0.468 e. The summed E-state index contributed by atoms with van der Waals surface area (Å²) < 4.78 is 5.36. The van der Waals surface area contributed by atoms with E-state index in [9.17, 15) is 4.79 Å². The molecule has 0 radical (unpaired) electrons. The van der Waals surface area contributed by atoms with Crippen molar-refractivity contribution in [2.75, 3.05) is 7.11 Å². The Morgan fingerprint density at radius 3 is 1.83 bits per heavy atom. The molecule has 136 valence electrons. The number of esters is 1. The number of hydrogen-bond donors (Lipinski definition) is 0. The van der Waals surface area contributed by atoms with Crippen molar-refractivity contribution in [1.82, 2.24) is 4.90 Å². The molecule has 3 saturated carbocycles. The summed E-state index contributed by atoms with van der Waals surface area (Å²) in [7, 11) is 1.60. The summed E-state index contributed by atoms with van der Waals surface area (Å²) in [5.41, 5.74) is 0. The fourth-order valence-corrected chi connectivity index (χ4v) is 6.81. The second kappa shape index (κ2) is 7.35. The van der Waals surface area contributed by atoms with Gasteiger partial charge >= 0.3 is 5.97 Å². The average Bonchev–Trinajstić information content (AvgIpc) is 2.98. The van der Waals surface area contributed by atoms with Crippen LogP contribution in [0.5, 0.6) is 0 Å². The molecule has 24 heavy (non-hydrogen) atoms. The molecule has 4 rings (SSSR count). The molecule has 0 bridgehead atoms. The van der Waals surface area contributed by atoms with Gasteiger partial charge in [-0.25, -0.2) is 0 Å². The van der Waals surface area contributed by atoms with E-state index in [1.807, 2.05) is 0 Å². The summed E-state index contributed by atoms with van der Waals surface area (Å²) in [4.78, 5) is 15.6. The van der Waals surface area contributed by atoms with Gasteiger partial charge in [0.25, 0.3) is 0 Å². The smallest absolute Gasteiger partial charge is 0.323 e. The van der Waals surface area contributed by atoms with Crippen LogP contribution in [-0.4, -0.2) is 36.1 Å². The SMILES string of the molecule is COC(=O)C(C1CCCCC1)N1C2CCCCC2C2CCCCC21. The van der Waals surface area contributed by atoms with Crippen LogP contribution in [-0.2, 0) is 9.53 Å². The average molecular weight is 334 g/mol. The first-order valence-corrected chi connectivity index (χ1v) is 10.7. The zero-order valence-corrected chi connectivity index (χ0v) is 15.4. The maximum absolute atomic E-state index is 12.9. The molecule has 4 fully saturated rings. The predicted molar refractivity (Wildman–Crippen MR) is 95.7 cm³/mol. The van der Waals surface area contributed by atoms with E-state index < -0.39 is 0 Å². The van der Waals surface area contributed by atoms with E-state index in [4.69, 9.17) is 4.74 Å². The molecule has 1 saturated heterocycles. The highest BCUT2D eigenvalue weighted by atomic mass is 16.5. The van der Waals surface area contributed by atoms with Gasteiger partial charge in [0.1, 0.15) is 6.04 Å². The van der Waals surface area contributed by atoms with Crippen molar-refractivity contribution in [2.45, 2.75) is 102 Å². The van der Waals surface area contributed by atoms with Crippen molar-refractivity contribution in [3.63, 3.8) is 0 Å². The molecule has 5 unspecified atom stereocenters. The Morgan fingerprint density at radius 1 is 0.792 bits per heavy atom. The quantitative estimate of drug-likeness (QED) is 0.710. The summed E-state index contributed by atoms with van der Waals surface area (Å²) in [6.45, 7) is 0. The molecule has 0 spiro atoms. The van der Waals surface area contributed by atoms with Crippen LogP contribution in [0, 0.1) is 17.8 Å². The number of carbonyl (C=O) groups excluding carboxylic acids is 1. The van der Waals surface area contributed by atoms with Crippen LogP contribution in [0.1, 0.15) is 83.5 Å². The summed E-state index contributed by atoms with van der Waals surface area (Å²) >= 11 is 0. The van der Waals surface area contributed by atoms with Gasteiger partial charge < -0.3 is 4.74 Å².